The zero-order valence-electron chi connectivity index (χ0n) is 12.8. The van der Waals surface area contributed by atoms with Crippen LogP contribution >= 0.6 is 11.6 Å². The molecule has 0 atom stereocenters. The second kappa shape index (κ2) is 6.42. The molecule has 0 saturated carbocycles. The van der Waals surface area contributed by atoms with Gasteiger partial charge in [-0.1, -0.05) is 35.9 Å². The summed E-state index contributed by atoms with van der Waals surface area (Å²) in [7, 11) is 1.78. The molecule has 0 aromatic heterocycles. The van der Waals surface area contributed by atoms with Gasteiger partial charge in [0, 0.05) is 24.3 Å². The molecule has 5 heteroatoms. The van der Waals surface area contributed by atoms with Crippen molar-refractivity contribution in [2.24, 2.45) is 0 Å². The van der Waals surface area contributed by atoms with E-state index in [1.165, 1.54) is 0 Å². The lowest BCUT2D eigenvalue weighted by atomic mass is 10.1. The molecule has 0 unspecified atom stereocenters. The van der Waals surface area contributed by atoms with Crippen LogP contribution in [-0.4, -0.2) is 18.9 Å². The number of benzene rings is 2. The SMILES string of the molecule is CN1C(=O)Cc2cc(CNC(=O)Cc3cccc(Cl)c3)ccc21. The quantitative estimate of drug-likeness (QED) is 0.938. The van der Waals surface area contributed by atoms with Gasteiger partial charge in [0.05, 0.1) is 12.8 Å². The molecule has 0 radical (unpaired) electrons. The van der Waals surface area contributed by atoms with Crippen LogP contribution in [0.3, 0.4) is 0 Å². The van der Waals surface area contributed by atoms with Crippen molar-refractivity contribution in [3.63, 3.8) is 0 Å². The fourth-order valence-electron chi connectivity index (χ4n) is 2.73. The van der Waals surface area contributed by atoms with Crippen LogP contribution in [0.5, 0.6) is 0 Å². The number of halogens is 1. The number of carbonyl (C=O) groups excluding carboxylic acids is 2. The standard InChI is InChI=1S/C18H17ClN2O2/c1-21-16-6-5-13(7-14(16)10-18(21)23)11-20-17(22)9-12-3-2-4-15(19)8-12/h2-8H,9-11H2,1H3,(H,20,22). The van der Waals surface area contributed by atoms with Crippen molar-refractivity contribution < 1.29 is 9.59 Å². The van der Waals surface area contributed by atoms with Gasteiger partial charge in [-0.05, 0) is 34.9 Å². The summed E-state index contributed by atoms with van der Waals surface area (Å²) in [5, 5.41) is 3.53. The van der Waals surface area contributed by atoms with E-state index in [1.54, 1.807) is 24.1 Å². The molecule has 1 aliphatic heterocycles. The van der Waals surface area contributed by atoms with E-state index in [0.29, 0.717) is 24.4 Å². The van der Waals surface area contributed by atoms with Gasteiger partial charge in [-0.3, -0.25) is 9.59 Å². The van der Waals surface area contributed by atoms with Crippen molar-refractivity contribution in [1.82, 2.24) is 5.32 Å². The smallest absolute Gasteiger partial charge is 0.231 e. The highest BCUT2D eigenvalue weighted by molar-refractivity contribution is 6.30. The first kappa shape index (κ1) is 15.6. The summed E-state index contributed by atoms with van der Waals surface area (Å²) in [5.41, 5.74) is 3.84. The Morgan fingerprint density at radius 2 is 2.04 bits per heavy atom. The van der Waals surface area contributed by atoms with E-state index in [-0.39, 0.29) is 11.8 Å². The number of amides is 2. The highest BCUT2D eigenvalue weighted by Gasteiger charge is 2.23. The minimum Gasteiger partial charge on any atom is -0.352 e. The third-order valence-corrected chi connectivity index (χ3v) is 4.20. The number of fused-ring (bicyclic) bond motifs is 1. The summed E-state index contributed by atoms with van der Waals surface area (Å²) in [6, 6.07) is 13.1. The Morgan fingerprint density at radius 1 is 1.22 bits per heavy atom. The van der Waals surface area contributed by atoms with E-state index in [2.05, 4.69) is 5.32 Å². The molecule has 2 aromatic carbocycles. The van der Waals surface area contributed by atoms with E-state index in [9.17, 15) is 9.59 Å². The summed E-state index contributed by atoms with van der Waals surface area (Å²) >= 11 is 5.92. The Labute approximate surface area is 140 Å². The molecule has 23 heavy (non-hydrogen) atoms. The largest absolute Gasteiger partial charge is 0.352 e. The molecule has 0 fully saturated rings. The molecule has 0 saturated heterocycles. The first-order chi connectivity index (χ1) is 11.0. The third-order valence-electron chi connectivity index (χ3n) is 3.96. The average Bonchev–Trinajstić information content (AvgIpc) is 2.80. The molecule has 0 bridgehead atoms. The monoisotopic (exact) mass is 328 g/mol. The lowest BCUT2D eigenvalue weighted by Gasteiger charge is -2.11. The maximum atomic E-state index is 12.0. The van der Waals surface area contributed by atoms with Gasteiger partial charge in [-0.2, -0.15) is 0 Å². The molecule has 3 rings (SSSR count). The van der Waals surface area contributed by atoms with Crippen LogP contribution in [-0.2, 0) is 29.0 Å². The van der Waals surface area contributed by atoms with Crippen LogP contribution in [0.25, 0.3) is 0 Å². The highest BCUT2D eigenvalue weighted by atomic mass is 35.5. The predicted octanol–water partition coefficient (Wildman–Crippen LogP) is 2.72. The Kier molecular flexibility index (Phi) is 4.35. The number of hydrogen-bond donors (Lipinski definition) is 1. The summed E-state index contributed by atoms with van der Waals surface area (Å²) < 4.78 is 0. The summed E-state index contributed by atoms with van der Waals surface area (Å²) in [4.78, 5) is 25.4. The number of hydrogen-bond acceptors (Lipinski definition) is 2. The average molecular weight is 329 g/mol. The van der Waals surface area contributed by atoms with Gasteiger partial charge < -0.3 is 10.2 Å². The van der Waals surface area contributed by atoms with Crippen molar-refractivity contribution >= 4 is 29.1 Å². The van der Waals surface area contributed by atoms with Crippen molar-refractivity contribution in [2.75, 3.05) is 11.9 Å². The molecule has 0 spiro atoms. The van der Waals surface area contributed by atoms with Crippen LogP contribution in [0.1, 0.15) is 16.7 Å². The molecule has 2 amide bonds. The Balaban J connectivity index is 1.60. The zero-order valence-corrected chi connectivity index (χ0v) is 13.6. The lowest BCUT2D eigenvalue weighted by Crippen LogP contribution is -2.24. The summed E-state index contributed by atoms with van der Waals surface area (Å²) in [6.45, 7) is 0.449. The molecule has 1 heterocycles. The fraction of sp³-hybridized carbons (Fsp3) is 0.222. The first-order valence-corrected chi connectivity index (χ1v) is 7.80. The number of nitrogens with zero attached hydrogens (tertiary/aromatic N) is 1. The number of nitrogens with one attached hydrogen (secondary N) is 1. The van der Waals surface area contributed by atoms with Gasteiger partial charge >= 0.3 is 0 Å². The van der Waals surface area contributed by atoms with Crippen LogP contribution in [0, 0.1) is 0 Å². The maximum Gasteiger partial charge on any atom is 0.231 e. The van der Waals surface area contributed by atoms with Gasteiger partial charge in [-0.25, -0.2) is 0 Å². The molecule has 2 aromatic rings. The normalized spacial score (nSPS) is 13.1. The zero-order chi connectivity index (χ0) is 16.4. The van der Waals surface area contributed by atoms with Crippen molar-refractivity contribution in [3.8, 4) is 0 Å². The minimum absolute atomic E-state index is 0.0547. The minimum atomic E-state index is -0.0547. The lowest BCUT2D eigenvalue weighted by molar-refractivity contribution is -0.120. The fourth-order valence-corrected chi connectivity index (χ4v) is 2.94. The number of carbonyl (C=O) groups is 2. The van der Waals surface area contributed by atoms with E-state index in [1.807, 2.05) is 30.3 Å². The predicted molar refractivity (Wildman–Crippen MR) is 90.6 cm³/mol. The first-order valence-electron chi connectivity index (χ1n) is 7.42. The van der Waals surface area contributed by atoms with Gasteiger partial charge in [-0.15, -0.1) is 0 Å². The van der Waals surface area contributed by atoms with E-state index in [0.717, 1.165) is 22.4 Å². The van der Waals surface area contributed by atoms with Crippen molar-refractivity contribution in [2.45, 2.75) is 19.4 Å². The molecule has 1 N–H and O–H groups in total. The van der Waals surface area contributed by atoms with Crippen LogP contribution < -0.4 is 10.2 Å². The molecular weight excluding hydrogens is 312 g/mol. The Morgan fingerprint density at radius 3 is 2.83 bits per heavy atom. The van der Waals surface area contributed by atoms with Gasteiger partial charge in [0.1, 0.15) is 0 Å². The summed E-state index contributed by atoms with van der Waals surface area (Å²) in [5.74, 6) is 0.0445. The molecule has 1 aliphatic rings. The van der Waals surface area contributed by atoms with Crippen molar-refractivity contribution in [1.29, 1.82) is 0 Å². The van der Waals surface area contributed by atoms with E-state index >= 15 is 0 Å². The third kappa shape index (κ3) is 3.54. The second-order valence-electron chi connectivity index (χ2n) is 5.68. The van der Waals surface area contributed by atoms with Gasteiger partial charge in [0.15, 0.2) is 0 Å². The van der Waals surface area contributed by atoms with Crippen LogP contribution in [0.15, 0.2) is 42.5 Å². The van der Waals surface area contributed by atoms with Crippen LogP contribution in [0.2, 0.25) is 5.02 Å². The number of likely N-dealkylation sites (N-methyl/N-ethyl adjacent to an activating group) is 1. The highest BCUT2D eigenvalue weighted by Crippen LogP contribution is 2.28. The van der Waals surface area contributed by atoms with E-state index < -0.39 is 0 Å². The topological polar surface area (TPSA) is 49.4 Å². The molecular formula is C18H17ClN2O2. The second-order valence-corrected chi connectivity index (χ2v) is 6.11. The molecule has 118 valence electrons. The number of rotatable bonds is 4. The Bertz CT molecular complexity index is 773. The van der Waals surface area contributed by atoms with Crippen LogP contribution in [0.4, 0.5) is 5.69 Å². The molecule has 0 aliphatic carbocycles. The van der Waals surface area contributed by atoms with E-state index in [4.69, 9.17) is 11.6 Å². The van der Waals surface area contributed by atoms with Crippen molar-refractivity contribution in [3.05, 3.63) is 64.2 Å². The van der Waals surface area contributed by atoms with Gasteiger partial charge in [0.2, 0.25) is 11.8 Å². The van der Waals surface area contributed by atoms with Gasteiger partial charge in [0.25, 0.3) is 0 Å². The molecule has 4 nitrogen and oxygen atoms in total. The number of anilines is 1. The Hall–Kier alpha value is -2.33. The summed E-state index contributed by atoms with van der Waals surface area (Å²) in [6.07, 6.45) is 0.725. The maximum absolute atomic E-state index is 12.0.